The number of carbonyl (C=O) groups is 2. The van der Waals surface area contributed by atoms with Crippen LogP contribution in [0.4, 0.5) is 29.3 Å². The zero-order valence-corrected chi connectivity index (χ0v) is 19.5. The molecule has 0 bridgehead atoms. The highest BCUT2D eigenvalue weighted by Gasteiger charge is 2.53. The Morgan fingerprint density at radius 2 is 1.82 bits per heavy atom. The molecule has 0 aliphatic carbocycles. The standard InChI is InChI=1S/C22H21F3IN3O4/c23-14-6-5-13(19(18(14)25)27-16-7-4-12(26)9-15(16)24)20(30)28-10-22(33,11-28)17-3-1-2-8-29(17)21(31)32/h4-7,9,17,27,33H,1-3,8,10-11H2,(H,31,32)/t17-/m0/s1. The Morgan fingerprint density at radius 3 is 2.48 bits per heavy atom. The number of piperidine rings is 1. The Hall–Kier alpha value is -2.54. The summed E-state index contributed by atoms with van der Waals surface area (Å²) in [5.41, 5.74) is -2.30. The van der Waals surface area contributed by atoms with Crippen LogP contribution in [0.1, 0.15) is 29.6 Å². The molecule has 4 rings (SSSR count). The maximum atomic E-state index is 14.6. The fourth-order valence-corrected chi connectivity index (χ4v) is 4.89. The zero-order valence-electron chi connectivity index (χ0n) is 17.3. The first kappa shape index (κ1) is 23.6. The number of likely N-dealkylation sites (tertiary alicyclic amines) is 2. The fourth-order valence-electron chi connectivity index (χ4n) is 4.44. The van der Waals surface area contributed by atoms with Crippen LogP contribution in [-0.2, 0) is 0 Å². The summed E-state index contributed by atoms with van der Waals surface area (Å²) >= 11 is 1.90. The number of rotatable bonds is 4. The van der Waals surface area contributed by atoms with Crippen molar-refractivity contribution < 1.29 is 33.0 Å². The molecule has 0 spiro atoms. The van der Waals surface area contributed by atoms with E-state index in [0.29, 0.717) is 23.0 Å². The van der Waals surface area contributed by atoms with E-state index in [1.807, 2.05) is 22.6 Å². The number of nitrogens with one attached hydrogen (secondary N) is 1. The predicted octanol–water partition coefficient (Wildman–Crippen LogP) is 4.17. The maximum Gasteiger partial charge on any atom is 0.407 e. The molecule has 2 aliphatic heterocycles. The minimum absolute atomic E-state index is 0.131. The van der Waals surface area contributed by atoms with Crippen molar-refractivity contribution in [3.05, 3.63) is 56.9 Å². The maximum absolute atomic E-state index is 14.6. The van der Waals surface area contributed by atoms with Crippen LogP contribution in [-0.4, -0.2) is 63.3 Å². The molecule has 0 aromatic heterocycles. The Labute approximate surface area is 201 Å². The van der Waals surface area contributed by atoms with E-state index in [9.17, 15) is 33.0 Å². The van der Waals surface area contributed by atoms with Crippen LogP contribution in [0.25, 0.3) is 0 Å². The number of nitrogens with zero attached hydrogens (tertiary/aromatic N) is 2. The molecule has 176 valence electrons. The number of hydrogen-bond acceptors (Lipinski definition) is 4. The Bertz CT molecular complexity index is 1110. The van der Waals surface area contributed by atoms with Crippen molar-refractivity contribution in [2.75, 3.05) is 25.0 Å². The lowest BCUT2D eigenvalue weighted by molar-refractivity contribution is -0.133. The molecule has 2 aliphatic rings. The van der Waals surface area contributed by atoms with Crippen LogP contribution in [0, 0.1) is 21.0 Å². The molecule has 0 unspecified atom stereocenters. The molecule has 0 radical (unpaired) electrons. The Kier molecular flexibility index (Phi) is 6.45. The van der Waals surface area contributed by atoms with E-state index < -0.39 is 46.8 Å². The minimum atomic E-state index is -1.43. The second-order valence-corrected chi connectivity index (χ2v) is 9.53. The average Bonchev–Trinajstić information content (AvgIpc) is 2.76. The SMILES string of the molecule is O=C(c1ccc(F)c(F)c1Nc1ccc(I)cc1F)N1CC(O)([C@@H]2CCCCN2C(=O)O)C1. The van der Waals surface area contributed by atoms with Gasteiger partial charge in [0.05, 0.1) is 36.1 Å². The molecule has 2 saturated heterocycles. The summed E-state index contributed by atoms with van der Waals surface area (Å²) in [6, 6.07) is 5.36. The second-order valence-electron chi connectivity index (χ2n) is 8.29. The van der Waals surface area contributed by atoms with Gasteiger partial charge in [-0.1, -0.05) is 0 Å². The van der Waals surface area contributed by atoms with Gasteiger partial charge in [0.25, 0.3) is 5.91 Å². The Morgan fingerprint density at radius 1 is 1.09 bits per heavy atom. The first-order valence-corrected chi connectivity index (χ1v) is 11.4. The van der Waals surface area contributed by atoms with Gasteiger partial charge >= 0.3 is 6.09 Å². The van der Waals surface area contributed by atoms with Crippen molar-refractivity contribution in [2.45, 2.75) is 30.9 Å². The van der Waals surface area contributed by atoms with Crippen LogP contribution < -0.4 is 5.32 Å². The number of benzene rings is 2. The summed E-state index contributed by atoms with van der Waals surface area (Å²) in [5.74, 6) is -3.93. The molecule has 2 amide bonds. The van der Waals surface area contributed by atoms with Gasteiger partial charge in [-0.25, -0.2) is 18.0 Å². The third-order valence-electron chi connectivity index (χ3n) is 6.10. The van der Waals surface area contributed by atoms with Gasteiger partial charge in [-0.2, -0.15) is 0 Å². The van der Waals surface area contributed by atoms with Crippen molar-refractivity contribution in [1.29, 1.82) is 0 Å². The molecule has 2 heterocycles. The molecular formula is C22H21F3IN3O4. The Balaban J connectivity index is 1.57. The van der Waals surface area contributed by atoms with E-state index in [4.69, 9.17) is 0 Å². The molecule has 7 nitrogen and oxygen atoms in total. The highest BCUT2D eigenvalue weighted by molar-refractivity contribution is 14.1. The quantitative estimate of drug-likeness (QED) is 0.477. The summed E-state index contributed by atoms with van der Waals surface area (Å²) in [4.78, 5) is 27.1. The molecule has 2 aromatic rings. The molecule has 3 N–H and O–H groups in total. The smallest absolute Gasteiger partial charge is 0.407 e. The summed E-state index contributed by atoms with van der Waals surface area (Å²) in [6.07, 6.45) is 0.781. The number of carboxylic acid groups (broad SMARTS) is 1. The van der Waals surface area contributed by atoms with Gasteiger partial charge in [0.2, 0.25) is 0 Å². The number of amides is 2. The van der Waals surface area contributed by atoms with Crippen molar-refractivity contribution >= 4 is 46.0 Å². The van der Waals surface area contributed by atoms with E-state index in [1.165, 1.54) is 21.9 Å². The van der Waals surface area contributed by atoms with Crippen molar-refractivity contribution in [3.8, 4) is 0 Å². The molecule has 0 saturated carbocycles. The van der Waals surface area contributed by atoms with Gasteiger partial charge < -0.3 is 25.3 Å². The first-order chi connectivity index (χ1) is 15.6. The van der Waals surface area contributed by atoms with Crippen molar-refractivity contribution in [3.63, 3.8) is 0 Å². The largest absolute Gasteiger partial charge is 0.465 e. The number of halogens is 4. The van der Waals surface area contributed by atoms with Crippen LogP contribution in [0.15, 0.2) is 30.3 Å². The molecule has 1 atom stereocenters. The third kappa shape index (κ3) is 4.47. The topological polar surface area (TPSA) is 93.1 Å². The molecule has 2 fully saturated rings. The lowest BCUT2D eigenvalue weighted by Crippen LogP contribution is -2.72. The molecule has 11 heteroatoms. The van der Waals surface area contributed by atoms with E-state index in [0.717, 1.165) is 18.6 Å². The van der Waals surface area contributed by atoms with Crippen molar-refractivity contribution in [1.82, 2.24) is 9.80 Å². The first-order valence-electron chi connectivity index (χ1n) is 10.3. The molecular weight excluding hydrogens is 554 g/mol. The van der Waals surface area contributed by atoms with Gasteiger partial charge in [0.15, 0.2) is 11.6 Å². The summed E-state index contributed by atoms with van der Waals surface area (Å²) in [5, 5.41) is 22.9. The number of hydrogen-bond donors (Lipinski definition) is 3. The normalized spacial score (nSPS) is 19.7. The number of carbonyl (C=O) groups excluding carboxylic acids is 1. The minimum Gasteiger partial charge on any atom is -0.465 e. The van der Waals surface area contributed by atoms with E-state index in [-0.39, 0.29) is 24.3 Å². The van der Waals surface area contributed by atoms with Crippen LogP contribution in [0.3, 0.4) is 0 Å². The zero-order chi connectivity index (χ0) is 23.9. The molecule has 33 heavy (non-hydrogen) atoms. The highest BCUT2D eigenvalue weighted by Crippen LogP contribution is 2.36. The van der Waals surface area contributed by atoms with Gasteiger partial charge in [-0.05, 0) is 72.2 Å². The summed E-state index contributed by atoms with van der Waals surface area (Å²) < 4.78 is 43.5. The predicted molar refractivity (Wildman–Crippen MR) is 122 cm³/mol. The number of anilines is 2. The monoisotopic (exact) mass is 575 g/mol. The lowest BCUT2D eigenvalue weighted by Gasteiger charge is -2.54. The number of aliphatic hydroxyl groups is 1. The second kappa shape index (κ2) is 9.01. The summed E-state index contributed by atoms with van der Waals surface area (Å²) in [6.45, 7) is -0.0116. The lowest BCUT2D eigenvalue weighted by atomic mass is 9.80. The van der Waals surface area contributed by atoms with Crippen LogP contribution >= 0.6 is 22.6 Å². The average molecular weight is 575 g/mol. The molecule has 2 aromatic carbocycles. The highest BCUT2D eigenvalue weighted by atomic mass is 127. The van der Waals surface area contributed by atoms with Gasteiger partial charge in [-0.15, -0.1) is 0 Å². The number of β-amino-alcohol motifs (C(OH)–C–C–N with tert-alkyl or cyclic N) is 1. The van der Waals surface area contributed by atoms with Crippen LogP contribution in [0.2, 0.25) is 0 Å². The van der Waals surface area contributed by atoms with E-state index >= 15 is 0 Å². The van der Waals surface area contributed by atoms with Gasteiger partial charge in [0.1, 0.15) is 11.4 Å². The van der Waals surface area contributed by atoms with Gasteiger partial charge in [0, 0.05) is 10.1 Å². The third-order valence-corrected chi connectivity index (χ3v) is 6.77. The van der Waals surface area contributed by atoms with Crippen molar-refractivity contribution in [2.24, 2.45) is 0 Å². The van der Waals surface area contributed by atoms with E-state index in [2.05, 4.69) is 5.32 Å². The van der Waals surface area contributed by atoms with Crippen LogP contribution in [0.5, 0.6) is 0 Å². The fraction of sp³-hybridized carbons (Fsp3) is 0.364. The summed E-state index contributed by atoms with van der Waals surface area (Å²) in [7, 11) is 0. The van der Waals surface area contributed by atoms with E-state index in [1.54, 1.807) is 6.07 Å². The van der Waals surface area contributed by atoms with Gasteiger partial charge in [-0.3, -0.25) is 4.79 Å².